The van der Waals surface area contributed by atoms with Gasteiger partial charge in [0.05, 0.1) is 6.61 Å². The minimum absolute atomic E-state index is 0.0593. The zero-order chi connectivity index (χ0) is 57.5. The maximum atomic E-state index is 13.2. The van der Waals surface area contributed by atoms with Gasteiger partial charge in [-0.25, -0.2) is 4.79 Å². The zero-order valence-corrected chi connectivity index (χ0v) is 51.1. The Morgan fingerprint density at radius 2 is 0.722 bits per heavy atom. The van der Waals surface area contributed by atoms with Crippen molar-refractivity contribution in [3.8, 4) is 0 Å². The quantitative estimate of drug-likeness (QED) is 0.0228. The highest BCUT2D eigenvalue weighted by Gasteiger charge is 2.50. The number of carboxylic acid groups (broad SMARTS) is 1. The Labute approximate surface area is 483 Å². The fourth-order valence-corrected chi connectivity index (χ4v) is 10.4. The van der Waals surface area contributed by atoms with Crippen LogP contribution >= 0.6 is 0 Å². The number of carboxylic acids is 1. The molecular formula is C67H122O12. The molecule has 1 rings (SSSR count). The summed E-state index contributed by atoms with van der Waals surface area (Å²) in [5, 5.41) is 31.6. The summed E-state index contributed by atoms with van der Waals surface area (Å²) in [5.74, 6) is -3.10. The molecule has 1 aliphatic heterocycles. The summed E-state index contributed by atoms with van der Waals surface area (Å²) >= 11 is 0. The van der Waals surface area contributed by atoms with Crippen LogP contribution in [0.5, 0.6) is 0 Å². The van der Waals surface area contributed by atoms with Crippen molar-refractivity contribution in [1.82, 2.24) is 0 Å². The van der Waals surface area contributed by atoms with Crippen LogP contribution in [-0.2, 0) is 42.9 Å². The topological polar surface area (TPSA) is 175 Å². The predicted octanol–water partition coefficient (Wildman–Crippen LogP) is 17.8. The highest BCUT2D eigenvalue weighted by molar-refractivity contribution is 5.74. The molecule has 1 fully saturated rings. The molecule has 0 spiro atoms. The van der Waals surface area contributed by atoms with Crippen LogP contribution in [0, 0.1) is 0 Å². The van der Waals surface area contributed by atoms with E-state index in [0.717, 1.165) is 89.9 Å². The third-order valence-corrected chi connectivity index (χ3v) is 15.5. The third kappa shape index (κ3) is 45.4. The van der Waals surface area contributed by atoms with Crippen LogP contribution in [0.1, 0.15) is 329 Å². The number of allylic oxidation sites excluding steroid dienone is 4. The van der Waals surface area contributed by atoms with E-state index in [1.807, 2.05) is 0 Å². The molecule has 12 heteroatoms. The first kappa shape index (κ1) is 74.2. The number of rotatable bonds is 58. The predicted molar refractivity (Wildman–Crippen MR) is 322 cm³/mol. The van der Waals surface area contributed by atoms with Crippen molar-refractivity contribution < 1.29 is 58.2 Å². The number of aliphatic hydroxyl groups excluding tert-OH is 2. The van der Waals surface area contributed by atoms with E-state index in [1.54, 1.807) is 0 Å². The number of hydrogen-bond acceptors (Lipinski definition) is 11. The monoisotopic (exact) mass is 1120 g/mol. The Morgan fingerprint density at radius 1 is 0.405 bits per heavy atom. The van der Waals surface area contributed by atoms with E-state index in [-0.39, 0.29) is 25.9 Å². The van der Waals surface area contributed by atoms with Gasteiger partial charge in [0.25, 0.3) is 0 Å². The fourth-order valence-electron chi connectivity index (χ4n) is 10.4. The molecule has 12 nitrogen and oxygen atoms in total. The fraction of sp³-hybridized carbons (Fsp3) is 0.881. The van der Waals surface area contributed by atoms with Crippen LogP contribution < -0.4 is 0 Å². The van der Waals surface area contributed by atoms with Crippen LogP contribution in [-0.4, -0.2) is 89.2 Å². The number of carbonyl (C=O) groups is 4. The summed E-state index contributed by atoms with van der Waals surface area (Å²) in [6, 6.07) is 0. The molecule has 3 N–H and O–H groups in total. The molecule has 0 aromatic rings. The molecule has 1 saturated heterocycles. The summed E-state index contributed by atoms with van der Waals surface area (Å²) in [4.78, 5) is 51.3. The lowest BCUT2D eigenvalue weighted by Crippen LogP contribution is -2.61. The van der Waals surface area contributed by atoms with E-state index < -0.39 is 67.3 Å². The van der Waals surface area contributed by atoms with E-state index in [0.29, 0.717) is 19.3 Å². The summed E-state index contributed by atoms with van der Waals surface area (Å²) in [7, 11) is 0. The normalized spacial score (nSPS) is 17.9. The van der Waals surface area contributed by atoms with Crippen molar-refractivity contribution in [2.45, 2.75) is 366 Å². The van der Waals surface area contributed by atoms with Gasteiger partial charge in [-0.1, -0.05) is 263 Å². The number of hydrogen-bond donors (Lipinski definition) is 3. The second-order valence-electron chi connectivity index (χ2n) is 23.1. The van der Waals surface area contributed by atoms with Gasteiger partial charge in [-0.2, -0.15) is 0 Å². The van der Waals surface area contributed by atoms with Gasteiger partial charge in [-0.15, -0.1) is 0 Å². The zero-order valence-electron chi connectivity index (χ0n) is 51.1. The van der Waals surface area contributed by atoms with E-state index >= 15 is 0 Å². The van der Waals surface area contributed by atoms with E-state index in [2.05, 4.69) is 45.1 Å². The van der Waals surface area contributed by atoms with Crippen molar-refractivity contribution in [3.63, 3.8) is 0 Å². The van der Waals surface area contributed by atoms with Crippen LogP contribution in [0.3, 0.4) is 0 Å². The number of ether oxygens (including phenoxy) is 5. The first-order chi connectivity index (χ1) is 38.6. The average molecular weight is 1120 g/mol. The van der Waals surface area contributed by atoms with Gasteiger partial charge in [0.2, 0.25) is 0 Å². The second-order valence-corrected chi connectivity index (χ2v) is 23.1. The molecule has 1 aliphatic rings. The molecule has 79 heavy (non-hydrogen) atoms. The van der Waals surface area contributed by atoms with E-state index in [4.69, 9.17) is 23.7 Å². The Bertz CT molecular complexity index is 1470. The van der Waals surface area contributed by atoms with Gasteiger partial charge in [0.1, 0.15) is 18.8 Å². The molecule has 0 aliphatic carbocycles. The third-order valence-electron chi connectivity index (χ3n) is 15.5. The number of carbonyl (C=O) groups excluding carboxylic acids is 3. The van der Waals surface area contributed by atoms with Gasteiger partial charge in [0.15, 0.2) is 24.6 Å². The van der Waals surface area contributed by atoms with E-state index in [1.165, 1.54) is 180 Å². The minimum Gasteiger partial charge on any atom is -0.479 e. The van der Waals surface area contributed by atoms with Gasteiger partial charge < -0.3 is 39.0 Å². The summed E-state index contributed by atoms with van der Waals surface area (Å²) in [6.45, 7) is 6.04. The first-order valence-corrected chi connectivity index (χ1v) is 33.3. The van der Waals surface area contributed by atoms with Crippen LogP contribution in [0.25, 0.3) is 0 Å². The van der Waals surface area contributed by atoms with Gasteiger partial charge in [-0.05, 0) is 70.6 Å². The second kappa shape index (κ2) is 55.7. The average Bonchev–Trinajstić information content (AvgIpc) is 3.43. The van der Waals surface area contributed by atoms with Crippen molar-refractivity contribution >= 4 is 23.9 Å². The Hall–Kier alpha value is -2.80. The molecule has 0 aromatic heterocycles. The lowest BCUT2D eigenvalue weighted by atomic mass is 9.98. The molecule has 0 saturated carbocycles. The standard InChI is InChI=1S/C67H122O12/c1-4-7-10-13-16-19-22-25-28-30-33-35-38-41-44-47-50-53-59(68)75-56-58(77-60(69)54-51-48-45-42-39-36-32-27-24-21-18-15-12-9-6-3)57-76-67-65(63(72)62(71)64(79-67)66(73)74)78-61(70)55-52-49-46-43-40-37-34-31-29-26-23-20-17-14-11-8-5-2/h26-27,29,32,58,62-65,67,71-72H,4-25,28,30-31,33-57H2,1-3H3,(H,73,74)/b29-26-,32-27-. The first-order valence-electron chi connectivity index (χ1n) is 33.3. The lowest BCUT2D eigenvalue weighted by Gasteiger charge is -2.40. The van der Waals surface area contributed by atoms with Crippen molar-refractivity contribution in [2.75, 3.05) is 13.2 Å². The SMILES string of the molecule is CCCCCCCC/C=C\CCCCCCCCCC(=O)OC1C(OCC(COC(=O)CCCCCCCCCCCCCCCCCCC)OC(=O)CCCCCCC/C=C\CCCCCCCC)OC(C(=O)O)C(O)C1O. The van der Waals surface area contributed by atoms with E-state index in [9.17, 15) is 34.5 Å². The molecule has 6 unspecified atom stereocenters. The number of esters is 3. The number of unbranched alkanes of at least 4 members (excludes halogenated alkanes) is 40. The summed E-state index contributed by atoms with van der Waals surface area (Å²) < 4.78 is 28.6. The van der Waals surface area contributed by atoms with Gasteiger partial charge in [0, 0.05) is 19.3 Å². The van der Waals surface area contributed by atoms with Crippen molar-refractivity contribution in [3.05, 3.63) is 24.3 Å². The molecule has 6 atom stereocenters. The number of aliphatic hydroxyl groups is 2. The summed E-state index contributed by atoms with van der Waals surface area (Å²) in [5.41, 5.74) is 0. The summed E-state index contributed by atoms with van der Waals surface area (Å²) in [6.07, 6.45) is 52.8. The highest BCUT2D eigenvalue weighted by Crippen LogP contribution is 2.27. The molecule has 462 valence electrons. The molecule has 0 bridgehead atoms. The Kier molecular flexibility index (Phi) is 52.3. The maximum absolute atomic E-state index is 13.2. The molecule has 0 radical (unpaired) electrons. The van der Waals surface area contributed by atoms with Crippen LogP contribution in [0.2, 0.25) is 0 Å². The van der Waals surface area contributed by atoms with Gasteiger partial charge in [-0.3, -0.25) is 14.4 Å². The molecule has 0 amide bonds. The lowest BCUT2D eigenvalue weighted by molar-refractivity contribution is -0.301. The Morgan fingerprint density at radius 3 is 1.08 bits per heavy atom. The maximum Gasteiger partial charge on any atom is 0.335 e. The Balaban J connectivity index is 2.64. The smallest absolute Gasteiger partial charge is 0.335 e. The molecular weight excluding hydrogens is 997 g/mol. The molecule has 1 heterocycles. The van der Waals surface area contributed by atoms with Crippen LogP contribution in [0.15, 0.2) is 24.3 Å². The number of aliphatic carboxylic acids is 1. The molecule has 0 aromatic carbocycles. The van der Waals surface area contributed by atoms with Crippen molar-refractivity contribution in [2.24, 2.45) is 0 Å². The largest absolute Gasteiger partial charge is 0.479 e. The van der Waals surface area contributed by atoms with Gasteiger partial charge >= 0.3 is 23.9 Å². The van der Waals surface area contributed by atoms with Crippen LogP contribution in [0.4, 0.5) is 0 Å². The van der Waals surface area contributed by atoms with Crippen molar-refractivity contribution in [1.29, 1.82) is 0 Å². The highest BCUT2D eigenvalue weighted by atomic mass is 16.7. The minimum atomic E-state index is -1.90.